The van der Waals surface area contributed by atoms with Gasteiger partial charge in [-0.15, -0.1) is 0 Å². The Bertz CT molecular complexity index is 986. The second kappa shape index (κ2) is 7.15. The Morgan fingerprint density at radius 1 is 0.963 bits per heavy atom. The van der Waals surface area contributed by atoms with Gasteiger partial charge in [0.15, 0.2) is 11.5 Å². The van der Waals surface area contributed by atoms with E-state index < -0.39 is 0 Å². The highest BCUT2D eigenvalue weighted by Gasteiger charge is 2.26. The summed E-state index contributed by atoms with van der Waals surface area (Å²) in [7, 11) is 4.78. The van der Waals surface area contributed by atoms with Gasteiger partial charge in [-0.1, -0.05) is 18.2 Å². The number of hydrogen-bond acceptors (Lipinski definition) is 6. The Morgan fingerprint density at radius 3 is 2.41 bits per heavy atom. The number of hydrogen-bond donors (Lipinski definition) is 0. The average molecular weight is 364 g/mol. The number of pyridine rings is 1. The van der Waals surface area contributed by atoms with Crippen LogP contribution >= 0.6 is 0 Å². The monoisotopic (exact) mass is 364 g/mol. The molecule has 1 unspecified atom stereocenters. The fraction of sp³-hybridized carbons (Fsp3) is 0.238. The van der Waals surface area contributed by atoms with Crippen LogP contribution in [0.4, 0.5) is 0 Å². The van der Waals surface area contributed by atoms with Crippen molar-refractivity contribution in [3.8, 4) is 17.2 Å². The standard InChI is InChI=1S/C21H20N2O4/c1-24-17-10-13(11-18(25-2)20(17)26-3)19-12-23-21(27-19)15-8-9-22-16-7-5-4-6-14(15)16/h4-11,19H,12H2,1-3H3. The molecule has 0 saturated heterocycles. The van der Waals surface area contributed by atoms with E-state index in [0.29, 0.717) is 29.7 Å². The number of aliphatic imine (C=N–C) groups is 1. The Kier molecular flexibility index (Phi) is 4.54. The van der Waals surface area contributed by atoms with Gasteiger partial charge in [0.25, 0.3) is 0 Å². The molecule has 1 atom stereocenters. The van der Waals surface area contributed by atoms with Crippen LogP contribution < -0.4 is 14.2 Å². The van der Waals surface area contributed by atoms with Crippen molar-refractivity contribution in [1.82, 2.24) is 4.98 Å². The number of benzene rings is 2. The highest BCUT2D eigenvalue weighted by molar-refractivity contribution is 6.06. The first-order valence-electron chi connectivity index (χ1n) is 8.60. The van der Waals surface area contributed by atoms with Gasteiger partial charge in [-0.3, -0.25) is 4.98 Å². The molecule has 1 aromatic heterocycles. The van der Waals surface area contributed by atoms with Crippen LogP contribution in [-0.4, -0.2) is 38.8 Å². The maximum absolute atomic E-state index is 6.18. The molecule has 4 rings (SSSR count). The molecular weight excluding hydrogens is 344 g/mol. The van der Waals surface area contributed by atoms with Crippen molar-refractivity contribution in [2.75, 3.05) is 27.9 Å². The highest BCUT2D eigenvalue weighted by atomic mass is 16.5. The van der Waals surface area contributed by atoms with Crippen molar-refractivity contribution in [2.24, 2.45) is 4.99 Å². The maximum Gasteiger partial charge on any atom is 0.217 e. The quantitative estimate of drug-likeness (QED) is 0.689. The van der Waals surface area contributed by atoms with Crippen molar-refractivity contribution in [2.45, 2.75) is 6.10 Å². The summed E-state index contributed by atoms with van der Waals surface area (Å²) in [4.78, 5) is 9.02. The predicted octanol–water partition coefficient (Wildman–Crippen LogP) is 3.78. The summed E-state index contributed by atoms with van der Waals surface area (Å²) >= 11 is 0. The van der Waals surface area contributed by atoms with Crippen LogP contribution in [0.15, 0.2) is 53.7 Å². The van der Waals surface area contributed by atoms with Crippen molar-refractivity contribution in [1.29, 1.82) is 0 Å². The Balaban J connectivity index is 1.66. The van der Waals surface area contributed by atoms with Gasteiger partial charge >= 0.3 is 0 Å². The van der Waals surface area contributed by atoms with Crippen molar-refractivity contribution in [3.05, 3.63) is 59.8 Å². The number of nitrogens with zero attached hydrogens (tertiary/aromatic N) is 2. The zero-order chi connectivity index (χ0) is 18.8. The third-order valence-corrected chi connectivity index (χ3v) is 4.59. The van der Waals surface area contributed by atoms with Gasteiger partial charge < -0.3 is 18.9 Å². The van der Waals surface area contributed by atoms with Gasteiger partial charge in [0.2, 0.25) is 11.6 Å². The minimum Gasteiger partial charge on any atom is -0.493 e. The summed E-state index contributed by atoms with van der Waals surface area (Å²) in [5.74, 6) is 2.37. The lowest BCUT2D eigenvalue weighted by molar-refractivity contribution is 0.228. The third kappa shape index (κ3) is 3.03. The van der Waals surface area contributed by atoms with Crippen molar-refractivity contribution < 1.29 is 18.9 Å². The summed E-state index contributed by atoms with van der Waals surface area (Å²) in [5, 5.41) is 1.02. The molecule has 0 bridgehead atoms. The smallest absolute Gasteiger partial charge is 0.217 e. The molecule has 0 radical (unpaired) electrons. The van der Waals surface area contributed by atoms with Gasteiger partial charge in [0, 0.05) is 22.7 Å². The summed E-state index contributed by atoms with van der Waals surface area (Å²) in [6.07, 6.45) is 1.55. The SMILES string of the molecule is COc1cc(C2CN=C(c3ccnc4ccccc34)O2)cc(OC)c1OC. The fourth-order valence-corrected chi connectivity index (χ4v) is 3.27. The van der Waals surface area contributed by atoms with E-state index in [4.69, 9.17) is 18.9 Å². The molecule has 2 heterocycles. The predicted molar refractivity (Wildman–Crippen MR) is 103 cm³/mol. The topological polar surface area (TPSA) is 62.2 Å². The van der Waals surface area contributed by atoms with Crippen molar-refractivity contribution >= 4 is 16.8 Å². The normalized spacial score (nSPS) is 16.0. The minimum atomic E-state index is -0.222. The number of ether oxygens (including phenoxy) is 4. The lowest BCUT2D eigenvalue weighted by Gasteiger charge is -2.17. The molecular formula is C21H20N2O4. The van der Waals surface area contributed by atoms with Crippen molar-refractivity contribution in [3.63, 3.8) is 0 Å². The molecule has 2 aromatic carbocycles. The van der Waals surface area contributed by atoms with E-state index in [1.54, 1.807) is 27.5 Å². The van der Waals surface area contributed by atoms with Gasteiger partial charge in [0.1, 0.15) is 6.10 Å². The molecule has 0 N–H and O–H groups in total. The molecule has 1 aliphatic rings. The Labute approximate surface area is 157 Å². The van der Waals surface area contributed by atoms with E-state index in [-0.39, 0.29) is 6.10 Å². The average Bonchev–Trinajstić information content (AvgIpc) is 3.22. The molecule has 0 amide bonds. The summed E-state index contributed by atoms with van der Waals surface area (Å²) in [5.41, 5.74) is 2.77. The molecule has 6 heteroatoms. The van der Waals surface area contributed by atoms with Gasteiger partial charge in [-0.25, -0.2) is 4.99 Å². The fourth-order valence-electron chi connectivity index (χ4n) is 3.27. The lowest BCUT2D eigenvalue weighted by atomic mass is 10.1. The van der Waals surface area contributed by atoms with Crippen LogP contribution in [0, 0.1) is 0 Å². The van der Waals surface area contributed by atoms with Crippen LogP contribution in [0.1, 0.15) is 17.2 Å². The molecule has 0 aliphatic carbocycles. The first-order valence-corrected chi connectivity index (χ1v) is 8.60. The summed E-state index contributed by atoms with van der Waals surface area (Å²) in [6, 6.07) is 13.7. The zero-order valence-corrected chi connectivity index (χ0v) is 15.4. The van der Waals surface area contributed by atoms with Gasteiger partial charge in [0.05, 0.1) is 33.4 Å². The second-order valence-electron chi connectivity index (χ2n) is 6.09. The van der Waals surface area contributed by atoms with Crippen LogP contribution in [-0.2, 0) is 4.74 Å². The summed E-state index contributed by atoms with van der Waals surface area (Å²) in [6.45, 7) is 0.518. The van der Waals surface area contributed by atoms with E-state index in [2.05, 4.69) is 9.98 Å². The Hall–Kier alpha value is -3.28. The molecule has 138 valence electrons. The molecule has 0 saturated carbocycles. The number of fused-ring (bicyclic) bond motifs is 1. The molecule has 1 aliphatic heterocycles. The van der Waals surface area contributed by atoms with E-state index in [1.807, 2.05) is 42.5 Å². The van der Waals surface area contributed by atoms with Gasteiger partial charge in [-0.2, -0.15) is 0 Å². The molecule has 3 aromatic rings. The second-order valence-corrected chi connectivity index (χ2v) is 6.09. The third-order valence-electron chi connectivity index (χ3n) is 4.59. The molecule has 6 nitrogen and oxygen atoms in total. The number of aromatic nitrogens is 1. The molecule has 27 heavy (non-hydrogen) atoms. The van der Waals surface area contributed by atoms with Crippen LogP contribution in [0.5, 0.6) is 17.2 Å². The lowest BCUT2D eigenvalue weighted by Crippen LogP contribution is -2.08. The van der Waals surface area contributed by atoms with E-state index >= 15 is 0 Å². The largest absolute Gasteiger partial charge is 0.493 e. The van der Waals surface area contributed by atoms with Gasteiger partial charge in [-0.05, 0) is 24.3 Å². The molecule has 0 fully saturated rings. The minimum absolute atomic E-state index is 0.222. The molecule has 0 spiro atoms. The van der Waals surface area contributed by atoms with E-state index in [1.165, 1.54) is 0 Å². The maximum atomic E-state index is 6.18. The van der Waals surface area contributed by atoms with Crippen LogP contribution in [0.25, 0.3) is 10.9 Å². The number of rotatable bonds is 5. The number of para-hydroxylation sites is 1. The zero-order valence-electron chi connectivity index (χ0n) is 15.4. The Morgan fingerprint density at radius 2 is 1.70 bits per heavy atom. The number of methoxy groups -OCH3 is 3. The van der Waals surface area contributed by atoms with E-state index in [9.17, 15) is 0 Å². The van der Waals surface area contributed by atoms with E-state index in [0.717, 1.165) is 22.0 Å². The summed E-state index contributed by atoms with van der Waals surface area (Å²) < 4.78 is 22.5. The first-order chi connectivity index (χ1) is 13.2. The highest BCUT2D eigenvalue weighted by Crippen LogP contribution is 2.41. The van der Waals surface area contributed by atoms with Crippen LogP contribution in [0.3, 0.4) is 0 Å². The first kappa shape index (κ1) is 17.1. The van der Waals surface area contributed by atoms with Crippen LogP contribution in [0.2, 0.25) is 0 Å².